The van der Waals surface area contributed by atoms with E-state index in [-0.39, 0.29) is 11.1 Å². The van der Waals surface area contributed by atoms with E-state index in [2.05, 4.69) is 0 Å². The lowest BCUT2D eigenvalue weighted by molar-refractivity contribution is 0.592. The van der Waals surface area contributed by atoms with Crippen LogP contribution in [0.3, 0.4) is 0 Å². The number of benzene rings is 1. The molecule has 0 saturated heterocycles. The molecule has 1 aromatic carbocycles. The Morgan fingerprint density at radius 2 is 1.86 bits per heavy atom. The molecular weight excluding hydrogens is 199 g/mol. The third kappa shape index (κ3) is 1.87. The van der Waals surface area contributed by atoms with Gasteiger partial charge in [-0.05, 0) is 25.0 Å². The van der Waals surface area contributed by atoms with E-state index in [1.54, 1.807) is 18.2 Å². The Labute approximate surface area is 85.8 Å². The molecule has 1 fully saturated rings. The summed E-state index contributed by atoms with van der Waals surface area (Å²) in [5.74, 6) is -0.335. The summed E-state index contributed by atoms with van der Waals surface area (Å²) in [4.78, 5) is 0.374. The maximum atomic E-state index is 13.3. The highest BCUT2D eigenvalue weighted by atomic mass is 32.2. The molecule has 76 valence electrons. The van der Waals surface area contributed by atoms with Crippen molar-refractivity contribution in [3.63, 3.8) is 0 Å². The van der Waals surface area contributed by atoms with Gasteiger partial charge in [0.1, 0.15) is 5.82 Å². The molecule has 1 aliphatic rings. The predicted molar refractivity (Wildman–Crippen MR) is 55.1 cm³/mol. The van der Waals surface area contributed by atoms with E-state index >= 15 is 0 Å². The Bertz CT molecular complexity index is 345. The van der Waals surface area contributed by atoms with Crippen LogP contribution in [0.1, 0.15) is 25.7 Å². The lowest BCUT2D eigenvalue weighted by Crippen LogP contribution is -2.11. The normalized spacial score (nSPS) is 19.8. The van der Waals surface area contributed by atoms with Crippen molar-refractivity contribution < 1.29 is 8.60 Å². The molecule has 0 N–H and O–H groups in total. The first-order valence-corrected chi connectivity index (χ1v) is 6.15. The van der Waals surface area contributed by atoms with Crippen molar-refractivity contribution in [2.24, 2.45) is 0 Å². The SMILES string of the molecule is O=S(c1ccccc1F)C1CCCC1. The smallest absolute Gasteiger partial charge is 0.139 e. The summed E-state index contributed by atoms with van der Waals surface area (Å²) in [6.07, 6.45) is 4.21. The van der Waals surface area contributed by atoms with Crippen LogP contribution in [-0.4, -0.2) is 9.46 Å². The molecule has 1 unspecified atom stereocenters. The van der Waals surface area contributed by atoms with Crippen molar-refractivity contribution in [2.45, 2.75) is 35.8 Å². The standard InChI is InChI=1S/C11H13FOS/c12-10-7-3-4-8-11(10)14(13)9-5-1-2-6-9/h3-4,7-9H,1-2,5-6H2. The van der Waals surface area contributed by atoms with Crippen LogP contribution in [0.5, 0.6) is 0 Å². The quantitative estimate of drug-likeness (QED) is 0.736. The van der Waals surface area contributed by atoms with Crippen molar-refractivity contribution in [1.29, 1.82) is 0 Å². The predicted octanol–water partition coefficient (Wildman–Crippen LogP) is 2.88. The van der Waals surface area contributed by atoms with Crippen molar-refractivity contribution in [3.05, 3.63) is 30.1 Å². The molecule has 0 radical (unpaired) electrons. The van der Waals surface area contributed by atoms with Gasteiger partial charge in [-0.25, -0.2) is 4.39 Å². The van der Waals surface area contributed by atoms with Crippen LogP contribution in [0.15, 0.2) is 29.2 Å². The third-order valence-electron chi connectivity index (χ3n) is 2.66. The molecule has 1 aromatic rings. The summed E-state index contributed by atoms with van der Waals surface area (Å²) in [7, 11) is -1.15. The van der Waals surface area contributed by atoms with Crippen LogP contribution in [0.25, 0.3) is 0 Å². The van der Waals surface area contributed by atoms with Gasteiger partial charge in [0.15, 0.2) is 0 Å². The lowest BCUT2D eigenvalue weighted by atomic mass is 10.3. The Kier molecular flexibility index (Phi) is 2.96. The summed E-state index contributed by atoms with van der Waals surface area (Å²) >= 11 is 0. The molecular formula is C11H13FOS. The van der Waals surface area contributed by atoms with Crippen molar-refractivity contribution >= 4 is 10.8 Å². The van der Waals surface area contributed by atoms with E-state index in [0.717, 1.165) is 25.7 Å². The summed E-state index contributed by atoms with van der Waals surface area (Å²) in [5.41, 5.74) is 0. The molecule has 0 aliphatic heterocycles. The molecule has 1 atom stereocenters. The van der Waals surface area contributed by atoms with E-state index in [4.69, 9.17) is 0 Å². The highest BCUT2D eigenvalue weighted by Gasteiger charge is 2.24. The molecule has 0 spiro atoms. The van der Waals surface area contributed by atoms with Gasteiger partial charge in [-0.3, -0.25) is 4.21 Å². The van der Waals surface area contributed by atoms with Crippen LogP contribution in [0, 0.1) is 5.82 Å². The topological polar surface area (TPSA) is 17.1 Å². The first kappa shape index (κ1) is 9.84. The molecule has 0 bridgehead atoms. The van der Waals surface area contributed by atoms with Gasteiger partial charge in [-0.2, -0.15) is 0 Å². The second-order valence-corrected chi connectivity index (χ2v) is 5.34. The van der Waals surface area contributed by atoms with Crippen LogP contribution >= 0.6 is 0 Å². The number of halogens is 1. The van der Waals surface area contributed by atoms with E-state index in [1.807, 2.05) is 0 Å². The molecule has 3 heteroatoms. The average Bonchev–Trinajstić information content (AvgIpc) is 2.70. The molecule has 1 saturated carbocycles. The Balaban J connectivity index is 2.22. The second kappa shape index (κ2) is 4.22. The van der Waals surface area contributed by atoms with Crippen LogP contribution in [0.2, 0.25) is 0 Å². The molecule has 2 rings (SSSR count). The monoisotopic (exact) mass is 212 g/mol. The first-order chi connectivity index (χ1) is 6.79. The lowest BCUT2D eigenvalue weighted by Gasteiger charge is -2.09. The van der Waals surface area contributed by atoms with Crippen molar-refractivity contribution in [2.75, 3.05) is 0 Å². The van der Waals surface area contributed by atoms with Gasteiger partial charge in [-0.1, -0.05) is 25.0 Å². The molecule has 14 heavy (non-hydrogen) atoms. The maximum absolute atomic E-state index is 13.3. The molecule has 0 amide bonds. The minimum absolute atomic E-state index is 0.173. The largest absolute Gasteiger partial charge is 0.254 e. The second-order valence-electron chi connectivity index (χ2n) is 3.63. The fourth-order valence-corrected chi connectivity index (χ4v) is 3.48. The molecule has 0 heterocycles. The zero-order chi connectivity index (χ0) is 9.97. The summed E-state index contributed by atoms with van der Waals surface area (Å²) in [6, 6.07) is 6.38. The van der Waals surface area contributed by atoms with Gasteiger partial charge < -0.3 is 0 Å². The highest BCUT2D eigenvalue weighted by molar-refractivity contribution is 7.85. The van der Waals surface area contributed by atoms with Crippen LogP contribution in [-0.2, 0) is 10.8 Å². The Morgan fingerprint density at radius 3 is 2.50 bits per heavy atom. The van der Waals surface area contributed by atoms with Gasteiger partial charge >= 0.3 is 0 Å². The van der Waals surface area contributed by atoms with Gasteiger partial charge in [-0.15, -0.1) is 0 Å². The van der Waals surface area contributed by atoms with Crippen LogP contribution in [0.4, 0.5) is 4.39 Å². The maximum Gasteiger partial charge on any atom is 0.139 e. The highest BCUT2D eigenvalue weighted by Crippen LogP contribution is 2.27. The summed E-state index contributed by atoms with van der Waals surface area (Å²) < 4.78 is 25.2. The first-order valence-electron chi connectivity index (χ1n) is 4.94. The van der Waals surface area contributed by atoms with E-state index in [9.17, 15) is 8.60 Å². The Morgan fingerprint density at radius 1 is 1.21 bits per heavy atom. The Hall–Kier alpha value is -0.700. The molecule has 0 aromatic heterocycles. The van der Waals surface area contributed by atoms with Crippen molar-refractivity contribution in [3.8, 4) is 0 Å². The van der Waals surface area contributed by atoms with Crippen molar-refractivity contribution in [1.82, 2.24) is 0 Å². The third-order valence-corrected chi connectivity index (χ3v) is 4.50. The summed E-state index contributed by atoms with van der Waals surface area (Å²) in [5, 5.41) is 0.173. The van der Waals surface area contributed by atoms with E-state index < -0.39 is 10.8 Å². The van der Waals surface area contributed by atoms with Gasteiger partial charge in [0, 0.05) is 5.25 Å². The number of hydrogen-bond donors (Lipinski definition) is 0. The minimum Gasteiger partial charge on any atom is -0.254 e. The zero-order valence-corrected chi connectivity index (χ0v) is 8.73. The minimum atomic E-state index is -1.15. The molecule has 1 nitrogen and oxygen atoms in total. The molecule has 1 aliphatic carbocycles. The summed E-state index contributed by atoms with van der Waals surface area (Å²) in [6.45, 7) is 0. The number of rotatable bonds is 2. The fraction of sp³-hybridized carbons (Fsp3) is 0.455. The number of hydrogen-bond acceptors (Lipinski definition) is 1. The van der Waals surface area contributed by atoms with Gasteiger partial charge in [0.2, 0.25) is 0 Å². The fourth-order valence-electron chi connectivity index (χ4n) is 1.89. The van der Waals surface area contributed by atoms with E-state index in [0.29, 0.717) is 4.90 Å². The van der Waals surface area contributed by atoms with Gasteiger partial charge in [0.05, 0.1) is 15.7 Å². The van der Waals surface area contributed by atoms with Crippen LogP contribution < -0.4 is 0 Å². The van der Waals surface area contributed by atoms with E-state index in [1.165, 1.54) is 6.07 Å². The average molecular weight is 212 g/mol. The van der Waals surface area contributed by atoms with Gasteiger partial charge in [0.25, 0.3) is 0 Å². The zero-order valence-electron chi connectivity index (χ0n) is 7.91.